The minimum Gasteiger partial charge on any atom is -0.351 e. The third kappa shape index (κ3) is 3.31. The van der Waals surface area contributed by atoms with Crippen LogP contribution in [0.3, 0.4) is 0 Å². The fourth-order valence-corrected chi connectivity index (χ4v) is 4.57. The number of rotatable bonds is 4. The lowest BCUT2D eigenvalue weighted by Gasteiger charge is -2.33. The Morgan fingerprint density at radius 1 is 0.933 bits per heavy atom. The van der Waals surface area contributed by atoms with Gasteiger partial charge in [-0.1, -0.05) is 17.3 Å². The molecule has 1 aromatic carbocycles. The lowest BCUT2D eigenvalue weighted by atomic mass is 10.0. The predicted molar refractivity (Wildman–Crippen MR) is 113 cm³/mol. The van der Waals surface area contributed by atoms with Crippen molar-refractivity contribution in [3.63, 3.8) is 0 Å². The largest absolute Gasteiger partial charge is 0.353 e. The van der Waals surface area contributed by atoms with Gasteiger partial charge in [-0.05, 0) is 44.2 Å². The van der Waals surface area contributed by atoms with Crippen molar-refractivity contribution in [2.75, 3.05) is 36.0 Å². The Morgan fingerprint density at radius 3 is 2.30 bits per heavy atom. The number of piperidine rings is 2. The van der Waals surface area contributed by atoms with E-state index in [1.807, 2.05) is 38.7 Å². The van der Waals surface area contributed by atoms with Gasteiger partial charge in [-0.25, -0.2) is 14.6 Å². The highest BCUT2D eigenvalue weighted by Crippen LogP contribution is 2.37. The van der Waals surface area contributed by atoms with Crippen molar-refractivity contribution in [3.8, 4) is 0 Å². The van der Waals surface area contributed by atoms with E-state index in [4.69, 9.17) is 0 Å². The van der Waals surface area contributed by atoms with E-state index in [-0.39, 0.29) is 16.7 Å². The number of nitro groups is 1. The van der Waals surface area contributed by atoms with Gasteiger partial charge in [0, 0.05) is 26.2 Å². The first-order chi connectivity index (χ1) is 14.7. The zero-order chi connectivity index (χ0) is 20.5. The first-order valence-corrected chi connectivity index (χ1v) is 10.5. The molecule has 2 aliphatic rings. The summed E-state index contributed by atoms with van der Waals surface area (Å²) in [5, 5.41) is 20.6. The standard InChI is InChI=1S/C20H24N8O2/c29-28(30)18-19(25-10-4-1-5-11-25)21-14-22-20(18)26-12-8-15(9-13-26)27-17-7-3-2-6-16(17)23-24-27/h2-3,6-7,14-15H,1,4-5,8-13H2. The highest BCUT2D eigenvalue weighted by atomic mass is 16.6. The Hall–Kier alpha value is -3.30. The summed E-state index contributed by atoms with van der Waals surface area (Å²) < 4.78 is 1.99. The molecule has 2 fully saturated rings. The summed E-state index contributed by atoms with van der Waals surface area (Å²) in [6.07, 6.45) is 6.35. The van der Waals surface area contributed by atoms with Crippen LogP contribution < -0.4 is 9.80 Å². The molecule has 0 spiro atoms. The Bertz CT molecular complexity index is 1050. The Kier molecular flexibility index (Phi) is 4.89. The molecule has 0 bridgehead atoms. The minimum atomic E-state index is -0.323. The van der Waals surface area contributed by atoms with Gasteiger partial charge in [-0.2, -0.15) is 0 Å². The number of para-hydroxylation sites is 1. The number of hydrogen-bond donors (Lipinski definition) is 0. The van der Waals surface area contributed by atoms with Gasteiger partial charge in [0.2, 0.25) is 11.6 Å². The second kappa shape index (κ2) is 7.85. The fraction of sp³-hybridized carbons (Fsp3) is 0.500. The highest BCUT2D eigenvalue weighted by molar-refractivity contribution is 5.74. The van der Waals surface area contributed by atoms with Gasteiger partial charge in [0.25, 0.3) is 0 Å². The molecule has 0 saturated carbocycles. The number of anilines is 2. The van der Waals surface area contributed by atoms with Crippen molar-refractivity contribution in [1.29, 1.82) is 0 Å². The Labute approximate surface area is 173 Å². The van der Waals surface area contributed by atoms with E-state index in [1.54, 1.807) is 0 Å². The van der Waals surface area contributed by atoms with Gasteiger partial charge in [-0.15, -0.1) is 5.10 Å². The summed E-state index contributed by atoms with van der Waals surface area (Å²) in [5.74, 6) is 0.881. The van der Waals surface area contributed by atoms with Crippen LogP contribution in [0.4, 0.5) is 17.3 Å². The van der Waals surface area contributed by atoms with E-state index in [1.165, 1.54) is 6.33 Å². The van der Waals surface area contributed by atoms with Gasteiger partial charge in [0.05, 0.1) is 16.5 Å². The quantitative estimate of drug-likeness (QED) is 0.479. The molecule has 0 atom stereocenters. The molecule has 0 radical (unpaired) electrons. The van der Waals surface area contributed by atoms with Crippen LogP contribution in [0.25, 0.3) is 11.0 Å². The SMILES string of the molecule is O=[N+]([O-])c1c(N2CCCCC2)ncnc1N1CCC(n2nnc3ccccc32)CC1. The van der Waals surface area contributed by atoms with Gasteiger partial charge in [0.1, 0.15) is 11.8 Å². The zero-order valence-electron chi connectivity index (χ0n) is 16.7. The number of fused-ring (bicyclic) bond motifs is 1. The second-order valence-electron chi connectivity index (χ2n) is 7.92. The van der Waals surface area contributed by atoms with Crippen molar-refractivity contribution in [2.24, 2.45) is 0 Å². The molecule has 30 heavy (non-hydrogen) atoms. The van der Waals surface area contributed by atoms with Crippen molar-refractivity contribution >= 4 is 28.4 Å². The smallest absolute Gasteiger partial charge is 0.351 e. The Morgan fingerprint density at radius 2 is 1.60 bits per heavy atom. The first kappa shape index (κ1) is 18.7. The zero-order valence-corrected chi connectivity index (χ0v) is 16.7. The maximum Gasteiger partial charge on any atom is 0.353 e. The van der Waals surface area contributed by atoms with Crippen LogP contribution in [0.15, 0.2) is 30.6 Å². The lowest BCUT2D eigenvalue weighted by molar-refractivity contribution is -0.383. The average Bonchev–Trinajstić information content (AvgIpc) is 3.23. The number of nitrogens with zero attached hydrogens (tertiary/aromatic N) is 8. The van der Waals surface area contributed by atoms with Crippen molar-refractivity contribution in [3.05, 3.63) is 40.7 Å². The summed E-state index contributed by atoms with van der Waals surface area (Å²) in [4.78, 5) is 24.3. The average molecular weight is 408 g/mol. The first-order valence-electron chi connectivity index (χ1n) is 10.5. The third-order valence-electron chi connectivity index (χ3n) is 6.11. The highest BCUT2D eigenvalue weighted by Gasteiger charge is 2.33. The number of aromatic nitrogens is 5. The minimum absolute atomic E-state index is 0.0315. The molecule has 156 valence electrons. The molecule has 5 rings (SSSR count). The van der Waals surface area contributed by atoms with E-state index in [0.29, 0.717) is 24.7 Å². The predicted octanol–water partition coefficient (Wildman–Crippen LogP) is 2.96. The maximum absolute atomic E-state index is 12.0. The molecule has 0 amide bonds. The lowest BCUT2D eigenvalue weighted by Crippen LogP contribution is -2.37. The topological polar surface area (TPSA) is 106 Å². The van der Waals surface area contributed by atoms with Crippen molar-refractivity contribution in [1.82, 2.24) is 25.0 Å². The van der Waals surface area contributed by atoms with E-state index in [0.717, 1.165) is 56.2 Å². The van der Waals surface area contributed by atoms with Crippen LogP contribution >= 0.6 is 0 Å². The molecule has 3 aromatic rings. The van der Waals surface area contributed by atoms with E-state index < -0.39 is 0 Å². The molecule has 2 aromatic heterocycles. The van der Waals surface area contributed by atoms with E-state index in [2.05, 4.69) is 20.3 Å². The van der Waals surface area contributed by atoms with E-state index >= 15 is 0 Å². The maximum atomic E-state index is 12.0. The molecular weight excluding hydrogens is 384 g/mol. The van der Waals surface area contributed by atoms with E-state index in [9.17, 15) is 10.1 Å². The molecule has 10 heteroatoms. The summed E-state index contributed by atoms with van der Waals surface area (Å²) >= 11 is 0. The molecular formula is C20H24N8O2. The van der Waals surface area contributed by atoms with Crippen LogP contribution in [0.5, 0.6) is 0 Å². The summed E-state index contributed by atoms with van der Waals surface area (Å²) in [6.45, 7) is 2.96. The molecule has 10 nitrogen and oxygen atoms in total. The van der Waals surface area contributed by atoms with Crippen LogP contribution in [-0.4, -0.2) is 56.1 Å². The molecule has 2 aliphatic heterocycles. The normalized spacial score (nSPS) is 18.1. The van der Waals surface area contributed by atoms with Crippen LogP contribution in [0.1, 0.15) is 38.1 Å². The van der Waals surface area contributed by atoms with Gasteiger partial charge in [-0.3, -0.25) is 10.1 Å². The molecule has 4 heterocycles. The van der Waals surface area contributed by atoms with Crippen molar-refractivity contribution < 1.29 is 4.92 Å². The van der Waals surface area contributed by atoms with Gasteiger partial charge < -0.3 is 9.80 Å². The molecule has 0 unspecified atom stereocenters. The number of benzene rings is 1. The molecule has 0 N–H and O–H groups in total. The summed E-state index contributed by atoms with van der Waals surface area (Å²) in [6, 6.07) is 8.15. The van der Waals surface area contributed by atoms with Crippen LogP contribution in [-0.2, 0) is 0 Å². The molecule has 0 aliphatic carbocycles. The third-order valence-corrected chi connectivity index (χ3v) is 6.11. The second-order valence-corrected chi connectivity index (χ2v) is 7.92. The van der Waals surface area contributed by atoms with Gasteiger partial charge >= 0.3 is 5.69 Å². The summed E-state index contributed by atoms with van der Waals surface area (Å²) in [7, 11) is 0. The number of hydrogen-bond acceptors (Lipinski definition) is 8. The Balaban J connectivity index is 1.39. The van der Waals surface area contributed by atoms with Gasteiger partial charge in [0.15, 0.2) is 0 Å². The summed E-state index contributed by atoms with van der Waals surface area (Å²) in [5.41, 5.74) is 1.94. The molecule has 2 saturated heterocycles. The van der Waals surface area contributed by atoms with Crippen LogP contribution in [0, 0.1) is 10.1 Å². The van der Waals surface area contributed by atoms with Crippen molar-refractivity contribution in [2.45, 2.75) is 38.1 Å². The van der Waals surface area contributed by atoms with Crippen LogP contribution in [0.2, 0.25) is 0 Å². The monoisotopic (exact) mass is 408 g/mol. The fourth-order valence-electron chi connectivity index (χ4n) is 4.57.